The van der Waals surface area contributed by atoms with Gasteiger partial charge in [0, 0.05) is 17.4 Å². The second kappa shape index (κ2) is 4.54. The average Bonchev–Trinajstić information content (AvgIpc) is 2.69. The summed E-state index contributed by atoms with van der Waals surface area (Å²) in [4.78, 5) is 11.4. The maximum absolute atomic E-state index is 11.4. The molecule has 2 rings (SSSR count). The molecule has 2 aliphatic rings. The van der Waals surface area contributed by atoms with Gasteiger partial charge < -0.3 is 9.84 Å². The third kappa shape index (κ3) is 2.12. The average molecular weight is 250 g/mol. The van der Waals surface area contributed by atoms with Crippen molar-refractivity contribution in [2.24, 2.45) is 11.3 Å². The van der Waals surface area contributed by atoms with Crippen LogP contribution in [0.5, 0.6) is 0 Å². The standard InChI is InChI=1S/C15H22O3/c1-11-5-4-8-15(3,17)14(11,2)9-6-12-7-10-18-13(12)16/h4,6,8,11,17H,5,7,9-10H2,1-3H3/b12-6+/t11-,14+,15+/m1/s1. The Morgan fingerprint density at radius 2 is 2.28 bits per heavy atom. The first-order valence-corrected chi connectivity index (χ1v) is 6.63. The summed E-state index contributed by atoms with van der Waals surface area (Å²) in [6.45, 7) is 6.60. The quantitative estimate of drug-likeness (QED) is 0.465. The van der Waals surface area contributed by atoms with Crippen molar-refractivity contribution in [2.75, 3.05) is 6.61 Å². The van der Waals surface area contributed by atoms with Gasteiger partial charge in [-0.25, -0.2) is 4.79 Å². The van der Waals surface area contributed by atoms with E-state index in [0.29, 0.717) is 25.4 Å². The Bertz CT molecular complexity index is 406. The molecule has 0 aromatic heterocycles. The summed E-state index contributed by atoms with van der Waals surface area (Å²) in [5.41, 5.74) is -0.309. The van der Waals surface area contributed by atoms with Crippen molar-refractivity contribution < 1.29 is 14.6 Å². The second-order valence-corrected chi connectivity index (χ2v) is 5.92. The summed E-state index contributed by atoms with van der Waals surface area (Å²) < 4.78 is 4.93. The molecule has 1 saturated heterocycles. The summed E-state index contributed by atoms with van der Waals surface area (Å²) in [5.74, 6) is 0.184. The van der Waals surface area contributed by atoms with Crippen LogP contribution in [0.4, 0.5) is 0 Å². The van der Waals surface area contributed by atoms with Crippen LogP contribution in [0, 0.1) is 11.3 Å². The summed E-state index contributed by atoms with van der Waals surface area (Å²) >= 11 is 0. The van der Waals surface area contributed by atoms with Gasteiger partial charge in [0.2, 0.25) is 0 Å². The fourth-order valence-corrected chi connectivity index (χ4v) is 2.83. The van der Waals surface area contributed by atoms with E-state index in [9.17, 15) is 9.90 Å². The number of carbonyl (C=O) groups is 1. The Morgan fingerprint density at radius 3 is 2.83 bits per heavy atom. The molecule has 1 aliphatic heterocycles. The molecule has 0 bridgehead atoms. The number of allylic oxidation sites excluding steroid dienone is 2. The van der Waals surface area contributed by atoms with Crippen molar-refractivity contribution in [3.05, 3.63) is 23.8 Å². The molecular formula is C15H22O3. The zero-order valence-corrected chi connectivity index (χ0v) is 11.4. The number of aliphatic hydroxyl groups is 1. The van der Waals surface area contributed by atoms with Gasteiger partial charge in [0.1, 0.15) is 0 Å². The molecule has 0 saturated carbocycles. The van der Waals surface area contributed by atoms with E-state index >= 15 is 0 Å². The van der Waals surface area contributed by atoms with Crippen LogP contribution in [0.2, 0.25) is 0 Å². The Labute approximate surface area is 109 Å². The van der Waals surface area contributed by atoms with E-state index in [1.807, 2.05) is 25.2 Å². The molecule has 18 heavy (non-hydrogen) atoms. The minimum atomic E-state index is -0.829. The molecule has 1 N–H and O–H groups in total. The predicted molar refractivity (Wildman–Crippen MR) is 69.9 cm³/mol. The third-order valence-electron chi connectivity index (χ3n) is 4.82. The van der Waals surface area contributed by atoms with Gasteiger partial charge in [-0.3, -0.25) is 0 Å². The fraction of sp³-hybridized carbons (Fsp3) is 0.667. The lowest BCUT2D eigenvalue weighted by Crippen LogP contribution is -2.48. The number of hydrogen-bond donors (Lipinski definition) is 1. The van der Waals surface area contributed by atoms with Crippen LogP contribution < -0.4 is 0 Å². The highest BCUT2D eigenvalue weighted by molar-refractivity contribution is 5.90. The molecule has 1 heterocycles. The number of hydrogen-bond acceptors (Lipinski definition) is 3. The largest absolute Gasteiger partial charge is 0.462 e. The van der Waals surface area contributed by atoms with Crippen LogP contribution in [0.25, 0.3) is 0 Å². The maximum atomic E-state index is 11.4. The lowest BCUT2D eigenvalue weighted by atomic mass is 9.60. The minimum absolute atomic E-state index is 0.197. The Hall–Kier alpha value is -1.09. The second-order valence-electron chi connectivity index (χ2n) is 5.92. The van der Waals surface area contributed by atoms with Gasteiger partial charge in [0.25, 0.3) is 0 Å². The molecule has 0 unspecified atom stereocenters. The molecule has 3 atom stereocenters. The summed E-state index contributed by atoms with van der Waals surface area (Å²) in [5, 5.41) is 10.6. The SMILES string of the molecule is C[C@@H]1CC=C[C@](C)(O)[C@@]1(C)C/C=C1\CCOC1=O. The first kappa shape index (κ1) is 13.3. The molecule has 0 spiro atoms. The summed E-state index contributed by atoms with van der Waals surface area (Å²) in [6.07, 6.45) is 8.26. The van der Waals surface area contributed by atoms with Crippen molar-refractivity contribution >= 4 is 5.97 Å². The number of esters is 1. The van der Waals surface area contributed by atoms with Gasteiger partial charge in [-0.1, -0.05) is 32.1 Å². The number of carbonyl (C=O) groups excluding carboxylic acids is 1. The first-order valence-electron chi connectivity index (χ1n) is 6.63. The van der Waals surface area contributed by atoms with E-state index < -0.39 is 5.60 Å². The van der Waals surface area contributed by atoms with Gasteiger partial charge in [0.15, 0.2) is 0 Å². The van der Waals surface area contributed by atoms with Crippen LogP contribution in [-0.2, 0) is 9.53 Å². The predicted octanol–water partition coefficient (Wildman–Crippen LogP) is 2.60. The Balaban J connectivity index is 2.20. The fourth-order valence-electron chi connectivity index (χ4n) is 2.83. The molecule has 1 fully saturated rings. The normalized spacial score (nSPS) is 42.3. The molecule has 0 radical (unpaired) electrons. The van der Waals surface area contributed by atoms with Crippen LogP contribution in [0.1, 0.15) is 40.0 Å². The monoisotopic (exact) mass is 250 g/mol. The van der Waals surface area contributed by atoms with Crippen molar-refractivity contribution in [2.45, 2.75) is 45.6 Å². The summed E-state index contributed by atoms with van der Waals surface area (Å²) in [7, 11) is 0. The van der Waals surface area contributed by atoms with E-state index in [4.69, 9.17) is 4.74 Å². The minimum Gasteiger partial charge on any atom is -0.462 e. The number of ether oxygens (including phenoxy) is 1. The molecule has 1 aliphatic carbocycles. The van der Waals surface area contributed by atoms with E-state index in [2.05, 4.69) is 13.8 Å². The smallest absolute Gasteiger partial charge is 0.333 e. The maximum Gasteiger partial charge on any atom is 0.333 e. The highest BCUT2D eigenvalue weighted by Crippen LogP contribution is 2.47. The van der Waals surface area contributed by atoms with Gasteiger partial charge in [-0.05, 0) is 25.7 Å². The van der Waals surface area contributed by atoms with Crippen LogP contribution in [0.3, 0.4) is 0 Å². The van der Waals surface area contributed by atoms with E-state index in [1.54, 1.807) is 0 Å². The molecule has 0 amide bonds. The molecule has 3 nitrogen and oxygen atoms in total. The zero-order valence-electron chi connectivity index (χ0n) is 11.4. The number of cyclic esters (lactones) is 1. The van der Waals surface area contributed by atoms with Gasteiger partial charge in [-0.2, -0.15) is 0 Å². The van der Waals surface area contributed by atoms with Gasteiger partial charge >= 0.3 is 5.97 Å². The Kier molecular flexibility index (Phi) is 3.37. The zero-order chi connectivity index (χ0) is 13.4. The summed E-state index contributed by atoms with van der Waals surface area (Å²) in [6, 6.07) is 0. The highest BCUT2D eigenvalue weighted by atomic mass is 16.5. The van der Waals surface area contributed by atoms with Crippen LogP contribution in [0.15, 0.2) is 23.8 Å². The van der Waals surface area contributed by atoms with Crippen molar-refractivity contribution in [1.82, 2.24) is 0 Å². The molecule has 100 valence electrons. The van der Waals surface area contributed by atoms with Crippen molar-refractivity contribution in [1.29, 1.82) is 0 Å². The van der Waals surface area contributed by atoms with Crippen LogP contribution >= 0.6 is 0 Å². The van der Waals surface area contributed by atoms with Crippen molar-refractivity contribution in [3.63, 3.8) is 0 Å². The van der Waals surface area contributed by atoms with Gasteiger partial charge in [-0.15, -0.1) is 0 Å². The first-order chi connectivity index (χ1) is 8.37. The Morgan fingerprint density at radius 1 is 1.56 bits per heavy atom. The number of rotatable bonds is 2. The van der Waals surface area contributed by atoms with E-state index in [1.165, 1.54) is 0 Å². The molecule has 0 aromatic rings. The topological polar surface area (TPSA) is 46.5 Å². The molecule has 3 heteroatoms. The van der Waals surface area contributed by atoms with Crippen molar-refractivity contribution in [3.8, 4) is 0 Å². The van der Waals surface area contributed by atoms with Gasteiger partial charge in [0.05, 0.1) is 12.2 Å². The van der Waals surface area contributed by atoms with Crippen LogP contribution in [-0.4, -0.2) is 23.3 Å². The molecule has 0 aromatic carbocycles. The van der Waals surface area contributed by atoms with E-state index in [-0.39, 0.29) is 11.4 Å². The van der Waals surface area contributed by atoms with E-state index in [0.717, 1.165) is 12.0 Å². The lowest BCUT2D eigenvalue weighted by Gasteiger charge is -2.47. The lowest BCUT2D eigenvalue weighted by molar-refractivity contribution is -0.135. The highest BCUT2D eigenvalue weighted by Gasteiger charge is 2.46. The third-order valence-corrected chi connectivity index (χ3v) is 4.82. The molecular weight excluding hydrogens is 228 g/mol.